The second-order valence-electron chi connectivity index (χ2n) is 16.9. The molecule has 0 saturated carbocycles. The van der Waals surface area contributed by atoms with Gasteiger partial charge in [0, 0.05) is 17.7 Å². The average molecular weight is 1130 g/mol. The summed E-state index contributed by atoms with van der Waals surface area (Å²) in [5.41, 5.74) is -27.5. The van der Waals surface area contributed by atoms with Crippen LogP contribution >= 0.6 is 0 Å². The number of hydrogen-bond donors (Lipinski definition) is 0. The van der Waals surface area contributed by atoms with Gasteiger partial charge in [-0.2, -0.15) is 132 Å². The highest BCUT2D eigenvalue weighted by Crippen LogP contribution is 2.41. The van der Waals surface area contributed by atoms with Gasteiger partial charge >= 0.3 is 49.4 Å². The Morgan fingerprint density at radius 2 is 0.558 bits per heavy atom. The number of benzene rings is 6. The van der Waals surface area contributed by atoms with E-state index in [1.165, 1.54) is 11.6 Å². The lowest BCUT2D eigenvalue weighted by atomic mass is 9.12. The minimum atomic E-state index is -6.13. The fraction of sp³-hybridized carbons (Fsp3) is 0.180. The van der Waals surface area contributed by atoms with Crippen LogP contribution in [0.3, 0.4) is 0 Å². The van der Waals surface area contributed by atoms with E-state index >= 15 is 0 Å². The fourth-order valence-electron chi connectivity index (χ4n) is 8.38. The Morgan fingerprint density at radius 1 is 0.299 bits per heavy atom. The Bertz CT molecular complexity index is 2790. The van der Waals surface area contributed by atoms with Gasteiger partial charge in [-0.25, -0.2) is 4.39 Å². The second-order valence-corrected chi connectivity index (χ2v) is 16.9. The van der Waals surface area contributed by atoms with Crippen molar-refractivity contribution >= 4 is 28.0 Å². The first-order chi connectivity index (χ1) is 35.1. The molecule has 6 aromatic carbocycles. The first kappa shape index (κ1) is 59.0. The Balaban J connectivity index is 0.000000397. The van der Waals surface area contributed by atoms with E-state index in [0.717, 1.165) is 12.2 Å². The highest BCUT2D eigenvalue weighted by atomic mass is 19.4. The number of aromatic nitrogens is 1. The molecule has 7 aromatic rings. The Morgan fingerprint density at radius 3 is 0.831 bits per heavy atom. The maximum Gasteiger partial charge on any atom is 0.416 e. The summed E-state index contributed by atoms with van der Waals surface area (Å²) >= 11 is 0. The predicted molar refractivity (Wildman–Crippen MR) is 228 cm³/mol. The third kappa shape index (κ3) is 13.5. The molecule has 7 rings (SSSR count). The number of halogens is 25. The molecule has 0 aliphatic carbocycles. The quantitative estimate of drug-likeness (QED) is 0.0851. The Hall–Kier alpha value is -7.22. The second kappa shape index (κ2) is 20.6. The highest BCUT2D eigenvalue weighted by Gasteiger charge is 2.47. The SMILES string of the molecule is FC(F)(F)c1cc([B-](c2cc(C(F)(F)F)cc(C(F)(F)F)c2)(c2cc(C(F)(F)F)cc(C(F)(F)F)c2)c2cc(C(F)(F)F)cc(C(F)(F)F)c2)cc(C(F)(F)F)c1.Fc1ccccc1-c1cccc[n+]1Cc1ccccc1. The summed E-state index contributed by atoms with van der Waals surface area (Å²) in [7, 11) is 0. The maximum atomic E-state index is 14.2. The van der Waals surface area contributed by atoms with Crippen LogP contribution in [0.5, 0.6) is 0 Å². The van der Waals surface area contributed by atoms with Gasteiger partial charge in [0.25, 0.3) is 0 Å². The third-order valence-electron chi connectivity index (χ3n) is 11.7. The summed E-state index contributed by atoms with van der Waals surface area (Å²) in [6, 6.07) is 14.1. The minimum Gasteiger partial charge on any atom is -0.206 e. The summed E-state index contributed by atoms with van der Waals surface area (Å²) in [4.78, 5) is 0. The van der Waals surface area contributed by atoms with Crippen molar-refractivity contribution in [3.63, 3.8) is 0 Å². The van der Waals surface area contributed by atoms with Gasteiger partial charge in [0.1, 0.15) is 12.0 Å². The van der Waals surface area contributed by atoms with Crippen molar-refractivity contribution in [2.24, 2.45) is 0 Å². The Kier molecular flexibility index (Phi) is 15.8. The van der Waals surface area contributed by atoms with Crippen LogP contribution in [0.25, 0.3) is 11.3 Å². The molecule has 27 heteroatoms. The standard InChI is InChI=1S/C32H12BF24.C18H15FN/c34-25(35,36)13-1-14(26(37,38)39)6-21(5-13)33(22-7-15(27(40,41)42)2-16(8-22)28(43,44)45,23-9-17(29(46,47)48)3-18(10-23)30(49,50)51)24-11-19(31(52,53)54)4-20(12-24)32(55,56)57;19-17-11-5-4-10-16(17)18-12-6-7-13-20(18)14-15-8-2-1-3-9-15/h1-12H;1-13H,14H2/q-1;+1. The smallest absolute Gasteiger partial charge is 0.206 e. The zero-order valence-corrected chi connectivity index (χ0v) is 37.6. The molecule has 0 radical (unpaired) electrons. The van der Waals surface area contributed by atoms with E-state index in [1.807, 2.05) is 54.7 Å². The molecule has 0 aliphatic heterocycles. The molecule has 0 bridgehead atoms. The van der Waals surface area contributed by atoms with Gasteiger partial charge in [0.05, 0.1) is 50.1 Å². The molecule has 0 N–H and O–H groups in total. The molecule has 410 valence electrons. The van der Waals surface area contributed by atoms with Crippen LogP contribution in [0, 0.1) is 5.82 Å². The molecule has 1 heterocycles. The van der Waals surface area contributed by atoms with Crippen molar-refractivity contribution in [3.8, 4) is 11.3 Å². The molecule has 0 aliphatic rings. The van der Waals surface area contributed by atoms with Crippen molar-refractivity contribution in [3.05, 3.63) is 208 Å². The molecular weight excluding hydrogens is 1100 g/mol. The summed E-state index contributed by atoms with van der Waals surface area (Å²) in [6.07, 6.45) is -52.8. The lowest BCUT2D eigenvalue weighted by molar-refractivity contribution is -0.677. The van der Waals surface area contributed by atoms with E-state index in [4.69, 9.17) is 0 Å². The molecule has 1 aromatic heterocycles. The minimum absolute atomic E-state index is 0.194. The molecule has 0 fully saturated rings. The van der Waals surface area contributed by atoms with E-state index in [9.17, 15) is 110 Å². The summed E-state index contributed by atoms with van der Waals surface area (Å²) in [5.74, 6) is -0.194. The molecule has 0 unspecified atom stereocenters. The first-order valence-electron chi connectivity index (χ1n) is 21.2. The van der Waals surface area contributed by atoms with Crippen LogP contribution in [-0.4, -0.2) is 6.15 Å². The zero-order valence-electron chi connectivity index (χ0n) is 37.6. The third-order valence-corrected chi connectivity index (χ3v) is 11.7. The number of alkyl halides is 24. The van der Waals surface area contributed by atoms with Crippen molar-refractivity contribution in [2.45, 2.75) is 56.0 Å². The Labute approximate surface area is 416 Å². The van der Waals surface area contributed by atoms with E-state index in [2.05, 4.69) is 16.7 Å². The van der Waals surface area contributed by atoms with Crippen LogP contribution in [0.4, 0.5) is 110 Å². The van der Waals surface area contributed by atoms with Crippen molar-refractivity contribution < 1.29 is 114 Å². The number of nitrogens with zero attached hydrogens (tertiary/aromatic N) is 1. The predicted octanol–water partition coefficient (Wildman–Crippen LogP) is 15.0. The molecule has 0 saturated heterocycles. The van der Waals surface area contributed by atoms with Crippen LogP contribution in [-0.2, 0) is 56.0 Å². The van der Waals surface area contributed by atoms with Crippen molar-refractivity contribution in [2.75, 3.05) is 0 Å². The molecule has 1 nitrogen and oxygen atoms in total. The molecule has 77 heavy (non-hydrogen) atoms. The summed E-state index contributed by atoms with van der Waals surface area (Å²) in [6.45, 7) is 0.728. The van der Waals surface area contributed by atoms with Gasteiger partial charge < -0.3 is 0 Å². The summed E-state index contributed by atoms with van der Waals surface area (Å²) in [5, 5.41) is 0. The lowest BCUT2D eigenvalue weighted by Gasteiger charge is -2.46. The molecular formula is C50H27BF25N. The van der Waals surface area contributed by atoms with E-state index in [0.29, 0.717) is 5.56 Å². The lowest BCUT2D eigenvalue weighted by Crippen LogP contribution is -2.75. The van der Waals surface area contributed by atoms with Crippen LogP contribution in [0.15, 0.2) is 152 Å². The van der Waals surface area contributed by atoms with Crippen LogP contribution < -0.4 is 26.4 Å². The number of pyridine rings is 1. The molecule has 0 atom stereocenters. The van der Waals surface area contributed by atoms with Crippen molar-refractivity contribution in [1.29, 1.82) is 0 Å². The van der Waals surface area contributed by atoms with E-state index in [1.54, 1.807) is 6.07 Å². The maximum absolute atomic E-state index is 14.2. The number of hydrogen-bond acceptors (Lipinski definition) is 0. The highest BCUT2D eigenvalue weighted by molar-refractivity contribution is 7.20. The summed E-state index contributed by atoms with van der Waals surface area (Å²) < 4.78 is 357. The first-order valence-corrected chi connectivity index (χ1v) is 21.2. The van der Waals surface area contributed by atoms with Crippen LogP contribution in [0.1, 0.15) is 50.1 Å². The average Bonchev–Trinajstić information content (AvgIpc) is 3.30. The normalized spacial score (nSPS) is 13.3. The van der Waals surface area contributed by atoms with E-state index in [-0.39, 0.29) is 5.82 Å². The van der Waals surface area contributed by atoms with Crippen molar-refractivity contribution in [1.82, 2.24) is 0 Å². The van der Waals surface area contributed by atoms with Gasteiger partial charge in [0.15, 0.2) is 12.7 Å². The zero-order chi connectivity index (χ0) is 57.7. The van der Waals surface area contributed by atoms with Gasteiger partial charge in [-0.1, -0.05) is 91.0 Å². The number of rotatable bonds is 7. The fourth-order valence-corrected chi connectivity index (χ4v) is 8.38. The molecule has 0 amide bonds. The topological polar surface area (TPSA) is 3.88 Å². The van der Waals surface area contributed by atoms with Gasteiger partial charge in [-0.05, 0) is 42.5 Å². The largest absolute Gasteiger partial charge is 0.416 e. The van der Waals surface area contributed by atoms with Gasteiger partial charge in [-0.15, -0.1) is 0 Å². The monoisotopic (exact) mass is 1130 g/mol. The van der Waals surface area contributed by atoms with Gasteiger partial charge in [0.2, 0.25) is 5.69 Å². The van der Waals surface area contributed by atoms with Crippen LogP contribution in [0.2, 0.25) is 0 Å². The van der Waals surface area contributed by atoms with E-state index < -0.39 is 195 Å². The van der Waals surface area contributed by atoms with Gasteiger partial charge in [-0.3, -0.25) is 0 Å². The molecule has 0 spiro atoms.